The highest BCUT2D eigenvalue weighted by Crippen LogP contribution is 2.12. The second-order valence-electron chi connectivity index (χ2n) is 5.98. The first-order valence-electron chi connectivity index (χ1n) is 9.28. The molecule has 4 heteroatoms. The van der Waals surface area contributed by atoms with Crippen molar-refractivity contribution < 1.29 is 14.6 Å². The molecule has 2 N–H and O–H groups in total. The molecule has 0 saturated carbocycles. The number of ether oxygens (including phenoxy) is 1. The average molecular weight is 315 g/mol. The van der Waals surface area contributed by atoms with Gasteiger partial charge in [0.2, 0.25) is 0 Å². The van der Waals surface area contributed by atoms with Crippen LogP contribution in [0.1, 0.15) is 84.0 Å². The van der Waals surface area contributed by atoms with Crippen molar-refractivity contribution in [2.75, 3.05) is 26.3 Å². The second kappa shape index (κ2) is 18.4. The molecule has 0 fully saturated rings. The van der Waals surface area contributed by atoms with E-state index in [2.05, 4.69) is 12.2 Å². The van der Waals surface area contributed by atoms with Gasteiger partial charge in [0.05, 0.1) is 6.61 Å². The van der Waals surface area contributed by atoms with Crippen molar-refractivity contribution >= 4 is 5.97 Å². The van der Waals surface area contributed by atoms with Crippen LogP contribution in [-0.4, -0.2) is 37.4 Å². The number of nitrogens with one attached hydrogen (secondary N) is 1. The fourth-order valence-corrected chi connectivity index (χ4v) is 2.45. The molecule has 0 aromatic carbocycles. The van der Waals surface area contributed by atoms with Gasteiger partial charge in [-0.05, 0) is 6.42 Å². The van der Waals surface area contributed by atoms with E-state index < -0.39 is 0 Å². The molecule has 0 heterocycles. The first kappa shape index (κ1) is 21.4. The zero-order valence-electron chi connectivity index (χ0n) is 14.6. The minimum Gasteiger partial charge on any atom is -0.464 e. The molecular weight excluding hydrogens is 278 g/mol. The first-order chi connectivity index (χ1) is 10.8. The Hall–Kier alpha value is -0.610. The zero-order valence-corrected chi connectivity index (χ0v) is 14.6. The Morgan fingerprint density at radius 1 is 0.864 bits per heavy atom. The predicted octanol–water partition coefficient (Wildman–Crippen LogP) is 3.81. The van der Waals surface area contributed by atoms with Crippen LogP contribution in [0.2, 0.25) is 0 Å². The van der Waals surface area contributed by atoms with E-state index in [-0.39, 0.29) is 12.6 Å². The Balaban J connectivity index is 3.10. The summed E-state index contributed by atoms with van der Waals surface area (Å²) >= 11 is 0. The number of rotatable bonds is 17. The largest absolute Gasteiger partial charge is 0.464 e. The first-order valence-corrected chi connectivity index (χ1v) is 9.28. The van der Waals surface area contributed by atoms with E-state index >= 15 is 0 Å². The number of esters is 1. The molecule has 0 aliphatic heterocycles. The van der Waals surface area contributed by atoms with Gasteiger partial charge in [-0.2, -0.15) is 0 Å². The lowest BCUT2D eigenvalue weighted by Crippen LogP contribution is -2.24. The van der Waals surface area contributed by atoms with Crippen molar-refractivity contribution in [3.63, 3.8) is 0 Å². The lowest BCUT2D eigenvalue weighted by molar-refractivity contribution is -0.143. The normalized spacial score (nSPS) is 10.8. The minimum absolute atomic E-state index is 0.0956. The maximum absolute atomic E-state index is 11.4. The molecule has 0 aromatic heterocycles. The molecule has 0 spiro atoms. The fraction of sp³-hybridized carbons (Fsp3) is 0.944. The van der Waals surface area contributed by atoms with Crippen molar-refractivity contribution in [1.82, 2.24) is 5.32 Å². The van der Waals surface area contributed by atoms with E-state index in [1.54, 1.807) is 0 Å². The highest BCUT2D eigenvalue weighted by atomic mass is 16.5. The molecule has 0 atom stereocenters. The van der Waals surface area contributed by atoms with Crippen LogP contribution in [-0.2, 0) is 9.53 Å². The highest BCUT2D eigenvalue weighted by Gasteiger charge is 2.02. The molecule has 22 heavy (non-hydrogen) atoms. The summed E-state index contributed by atoms with van der Waals surface area (Å²) in [5.74, 6) is -0.0956. The maximum Gasteiger partial charge on any atom is 0.305 e. The van der Waals surface area contributed by atoms with Gasteiger partial charge >= 0.3 is 5.97 Å². The number of carbonyl (C=O) groups excluding carboxylic acids is 1. The van der Waals surface area contributed by atoms with E-state index in [9.17, 15) is 4.79 Å². The van der Waals surface area contributed by atoms with Crippen LogP contribution in [0.3, 0.4) is 0 Å². The Morgan fingerprint density at radius 2 is 1.41 bits per heavy atom. The molecule has 0 rings (SSSR count). The van der Waals surface area contributed by atoms with Crippen molar-refractivity contribution in [3.8, 4) is 0 Å². The van der Waals surface area contributed by atoms with E-state index in [1.165, 1.54) is 57.8 Å². The van der Waals surface area contributed by atoms with Crippen molar-refractivity contribution in [2.24, 2.45) is 0 Å². The summed E-state index contributed by atoms with van der Waals surface area (Å²) in [4.78, 5) is 11.4. The number of unbranched alkanes of at least 4 members (excludes halogenated alkanes) is 10. The summed E-state index contributed by atoms with van der Waals surface area (Å²) in [6, 6.07) is 0. The summed E-state index contributed by atoms with van der Waals surface area (Å²) in [5.41, 5.74) is 0. The average Bonchev–Trinajstić information content (AvgIpc) is 2.52. The monoisotopic (exact) mass is 315 g/mol. The standard InChI is InChI=1S/C18H37NO3/c1-2-3-4-5-6-7-8-9-10-11-12-13-18(21)22-17-15-19-14-16-20/h19-20H,2-17H2,1H3. The summed E-state index contributed by atoms with van der Waals surface area (Å²) in [6.45, 7) is 3.94. The molecule has 0 unspecified atom stereocenters. The van der Waals surface area contributed by atoms with Gasteiger partial charge in [-0.3, -0.25) is 4.79 Å². The SMILES string of the molecule is CCCCCCCCCCCCCC(=O)OCCNCCO. The lowest BCUT2D eigenvalue weighted by Gasteiger charge is -2.05. The van der Waals surface area contributed by atoms with Gasteiger partial charge in [0.15, 0.2) is 0 Å². The number of carbonyl (C=O) groups is 1. The van der Waals surface area contributed by atoms with Crippen LogP contribution in [0.25, 0.3) is 0 Å². The predicted molar refractivity (Wildman–Crippen MR) is 92.0 cm³/mol. The van der Waals surface area contributed by atoms with E-state index in [1.807, 2.05) is 0 Å². The fourth-order valence-electron chi connectivity index (χ4n) is 2.45. The Labute approximate surface area is 137 Å². The molecule has 0 aliphatic rings. The Kier molecular flexibility index (Phi) is 17.9. The number of hydrogen-bond donors (Lipinski definition) is 2. The number of hydrogen-bond acceptors (Lipinski definition) is 4. The lowest BCUT2D eigenvalue weighted by atomic mass is 10.1. The van der Waals surface area contributed by atoms with Gasteiger partial charge in [-0.25, -0.2) is 0 Å². The third-order valence-electron chi connectivity index (χ3n) is 3.81. The summed E-state index contributed by atoms with van der Waals surface area (Å²) in [6.07, 6.45) is 14.7. The molecular formula is C18H37NO3. The summed E-state index contributed by atoms with van der Waals surface area (Å²) < 4.78 is 5.10. The van der Waals surface area contributed by atoms with E-state index in [0.717, 1.165) is 12.8 Å². The van der Waals surface area contributed by atoms with Crippen LogP contribution in [0.15, 0.2) is 0 Å². The molecule has 0 aromatic rings. The van der Waals surface area contributed by atoms with Crippen LogP contribution in [0, 0.1) is 0 Å². The smallest absolute Gasteiger partial charge is 0.305 e. The van der Waals surface area contributed by atoms with Gasteiger partial charge in [0.1, 0.15) is 6.61 Å². The third kappa shape index (κ3) is 17.4. The Bertz CT molecular complexity index is 234. The van der Waals surface area contributed by atoms with Crippen molar-refractivity contribution in [1.29, 1.82) is 0 Å². The van der Waals surface area contributed by atoms with Gasteiger partial charge in [0.25, 0.3) is 0 Å². The van der Waals surface area contributed by atoms with Gasteiger partial charge in [0, 0.05) is 19.5 Å². The second-order valence-corrected chi connectivity index (χ2v) is 5.98. The van der Waals surface area contributed by atoms with E-state index in [0.29, 0.717) is 26.1 Å². The molecule has 0 radical (unpaired) electrons. The molecule has 0 aliphatic carbocycles. The summed E-state index contributed by atoms with van der Waals surface area (Å²) in [7, 11) is 0. The zero-order chi connectivity index (χ0) is 16.3. The summed E-state index contributed by atoms with van der Waals surface area (Å²) in [5, 5.41) is 11.5. The molecule has 4 nitrogen and oxygen atoms in total. The molecule has 132 valence electrons. The third-order valence-corrected chi connectivity index (χ3v) is 3.81. The van der Waals surface area contributed by atoms with Crippen molar-refractivity contribution in [3.05, 3.63) is 0 Å². The topological polar surface area (TPSA) is 58.6 Å². The van der Waals surface area contributed by atoms with Crippen molar-refractivity contribution in [2.45, 2.75) is 84.0 Å². The van der Waals surface area contributed by atoms with Crippen LogP contribution < -0.4 is 5.32 Å². The minimum atomic E-state index is -0.0956. The van der Waals surface area contributed by atoms with Crippen LogP contribution in [0.5, 0.6) is 0 Å². The van der Waals surface area contributed by atoms with Gasteiger partial charge in [-0.1, -0.05) is 71.1 Å². The highest BCUT2D eigenvalue weighted by molar-refractivity contribution is 5.69. The Morgan fingerprint density at radius 3 is 1.95 bits per heavy atom. The van der Waals surface area contributed by atoms with Gasteiger partial charge < -0.3 is 15.2 Å². The molecule has 0 amide bonds. The van der Waals surface area contributed by atoms with Crippen LogP contribution >= 0.6 is 0 Å². The molecule has 0 saturated heterocycles. The maximum atomic E-state index is 11.4. The van der Waals surface area contributed by atoms with E-state index in [4.69, 9.17) is 9.84 Å². The van der Waals surface area contributed by atoms with Gasteiger partial charge in [-0.15, -0.1) is 0 Å². The molecule has 0 bridgehead atoms. The van der Waals surface area contributed by atoms with Crippen LogP contribution in [0.4, 0.5) is 0 Å². The quantitative estimate of drug-likeness (QED) is 0.316. The number of aliphatic hydroxyl groups is 1. The number of aliphatic hydroxyl groups excluding tert-OH is 1.